The molecule has 2 saturated carbocycles. The molecule has 5 heteroatoms. The van der Waals surface area contributed by atoms with Crippen LogP contribution in [-0.2, 0) is 11.2 Å². The predicted octanol–water partition coefficient (Wildman–Crippen LogP) is 4.97. The van der Waals surface area contributed by atoms with E-state index in [0.717, 1.165) is 60.2 Å². The molecule has 2 aliphatic carbocycles. The van der Waals surface area contributed by atoms with Crippen LogP contribution in [0.25, 0.3) is 0 Å². The van der Waals surface area contributed by atoms with Crippen molar-refractivity contribution in [2.75, 3.05) is 26.0 Å². The summed E-state index contributed by atoms with van der Waals surface area (Å²) in [5.41, 5.74) is 1.76. The van der Waals surface area contributed by atoms with E-state index in [9.17, 15) is 9.90 Å². The van der Waals surface area contributed by atoms with Gasteiger partial charge >= 0.3 is 5.97 Å². The van der Waals surface area contributed by atoms with Crippen molar-refractivity contribution in [3.8, 4) is 5.75 Å². The fraction of sp³-hybridized carbons (Fsp3) is 0.542. The van der Waals surface area contributed by atoms with Gasteiger partial charge in [0.1, 0.15) is 5.75 Å². The van der Waals surface area contributed by atoms with Crippen molar-refractivity contribution < 1.29 is 14.6 Å². The second-order valence-electron chi connectivity index (χ2n) is 8.57. The van der Waals surface area contributed by atoms with Gasteiger partial charge in [-0.3, -0.25) is 0 Å². The molecular formula is C24H31NO3S. The van der Waals surface area contributed by atoms with E-state index >= 15 is 0 Å². The van der Waals surface area contributed by atoms with Crippen LogP contribution in [0.2, 0.25) is 0 Å². The molecule has 4 nitrogen and oxygen atoms in total. The number of benzene rings is 1. The van der Waals surface area contributed by atoms with Gasteiger partial charge in [0.2, 0.25) is 0 Å². The third kappa shape index (κ3) is 4.82. The van der Waals surface area contributed by atoms with Crippen LogP contribution in [0.1, 0.15) is 37.7 Å². The zero-order chi connectivity index (χ0) is 20.2. The number of carboxylic acid groups (broad SMARTS) is 1. The lowest BCUT2D eigenvalue weighted by molar-refractivity contribution is -0.132. The quantitative estimate of drug-likeness (QED) is 0.580. The van der Waals surface area contributed by atoms with E-state index in [2.05, 4.69) is 17.0 Å². The third-order valence-corrected chi connectivity index (χ3v) is 7.95. The SMILES string of the molecule is COc1ccc(CCCSC2=C(C(=O)O)C=CCN2CC2CC3CCC2C3)cc1. The molecule has 0 saturated heterocycles. The van der Waals surface area contributed by atoms with Crippen molar-refractivity contribution in [3.63, 3.8) is 0 Å². The van der Waals surface area contributed by atoms with E-state index < -0.39 is 5.97 Å². The topological polar surface area (TPSA) is 49.8 Å². The average Bonchev–Trinajstić information content (AvgIpc) is 3.35. The summed E-state index contributed by atoms with van der Waals surface area (Å²) >= 11 is 1.72. The Morgan fingerprint density at radius 2 is 2.07 bits per heavy atom. The number of ether oxygens (including phenoxy) is 1. The van der Waals surface area contributed by atoms with Gasteiger partial charge in [0.25, 0.3) is 0 Å². The highest BCUT2D eigenvalue weighted by Crippen LogP contribution is 2.49. The smallest absolute Gasteiger partial charge is 0.338 e. The molecule has 0 amide bonds. The molecule has 2 bridgehead atoms. The fourth-order valence-corrected chi connectivity index (χ4v) is 6.36. The van der Waals surface area contributed by atoms with Gasteiger partial charge in [0, 0.05) is 13.1 Å². The first kappa shape index (κ1) is 20.4. The standard InChI is InChI=1S/C24H31NO3S/c1-28-21-10-7-17(8-11-21)4-3-13-29-23-22(24(26)27)5-2-12-25(23)16-20-15-18-6-9-19(20)14-18/h2,5,7-8,10-11,18-20H,3-4,6,9,12-16H2,1H3,(H,26,27). The number of thioether (sulfide) groups is 1. The maximum absolute atomic E-state index is 11.8. The summed E-state index contributed by atoms with van der Waals surface area (Å²) in [6.07, 6.45) is 11.3. The first-order valence-corrected chi connectivity index (χ1v) is 11.8. The number of methoxy groups -OCH3 is 1. The van der Waals surface area contributed by atoms with Crippen LogP contribution in [0, 0.1) is 17.8 Å². The number of carboxylic acids is 1. The van der Waals surface area contributed by atoms with E-state index in [4.69, 9.17) is 4.74 Å². The molecule has 1 N–H and O–H groups in total. The summed E-state index contributed by atoms with van der Waals surface area (Å²) < 4.78 is 5.22. The minimum atomic E-state index is -0.809. The molecule has 3 aliphatic rings. The third-order valence-electron chi connectivity index (χ3n) is 6.71. The van der Waals surface area contributed by atoms with Gasteiger partial charge < -0.3 is 14.7 Å². The maximum atomic E-state index is 11.8. The van der Waals surface area contributed by atoms with Crippen molar-refractivity contribution >= 4 is 17.7 Å². The highest BCUT2D eigenvalue weighted by Gasteiger charge is 2.40. The monoisotopic (exact) mass is 413 g/mol. The van der Waals surface area contributed by atoms with Crippen LogP contribution in [0.15, 0.2) is 47.0 Å². The minimum Gasteiger partial charge on any atom is -0.497 e. The number of aliphatic carboxylic acids is 1. The van der Waals surface area contributed by atoms with Crippen LogP contribution in [0.5, 0.6) is 5.75 Å². The number of rotatable bonds is 9. The Kier molecular flexibility index (Phi) is 6.53. The van der Waals surface area contributed by atoms with Gasteiger partial charge in [0.15, 0.2) is 0 Å². The summed E-state index contributed by atoms with van der Waals surface area (Å²) in [4.78, 5) is 14.2. The number of carbonyl (C=O) groups is 1. The molecule has 0 radical (unpaired) electrons. The Morgan fingerprint density at radius 3 is 2.72 bits per heavy atom. The van der Waals surface area contributed by atoms with Crippen LogP contribution < -0.4 is 4.74 Å². The summed E-state index contributed by atoms with van der Waals surface area (Å²) in [6, 6.07) is 8.21. The summed E-state index contributed by atoms with van der Waals surface area (Å²) in [5.74, 6) is 3.53. The first-order valence-electron chi connectivity index (χ1n) is 10.8. The minimum absolute atomic E-state index is 0.467. The zero-order valence-corrected chi connectivity index (χ0v) is 18.0. The molecule has 3 atom stereocenters. The maximum Gasteiger partial charge on any atom is 0.338 e. The number of hydrogen-bond donors (Lipinski definition) is 1. The fourth-order valence-electron chi connectivity index (χ4n) is 5.23. The highest BCUT2D eigenvalue weighted by molar-refractivity contribution is 8.03. The van der Waals surface area contributed by atoms with E-state index in [1.54, 1.807) is 24.9 Å². The Bertz CT molecular complexity index is 786. The normalized spacial score (nSPS) is 25.7. The summed E-state index contributed by atoms with van der Waals surface area (Å²) in [5, 5.41) is 10.7. The van der Waals surface area contributed by atoms with Gasteiger partial charge in [-0.1, -0.05) is 24.6 Å². The Hall–Kier alpha value is -1.88. The van der Waals surface area contributed by atoms with Gasteiger partial charge in [-0.25, -0.2) is 4.79 Å². The van der Waals surface area contributed by atoms with Gasteiger partial charge in [-0.2, -0.15) is 0 Å². The molecule has 1 aliphatic heterocycles. The lowest BCUT2D eigenvalue weighted by atomic mass is 9.88. The highest BCUT2D eigenvalue weighted by atomic mass is 32.2. The second-order valence-corrected chi connectivity index (χ2v) is 9.65. The van der Waals surface area contributed by atoms with Crippen molar-refractivity contribution in [1.82, 2.24) is 4.90 Å². The van der Waals surface area contributed by atoms with Crippen LogP contribution >= 0.6 is 11.8 Å². The largest absolute Gasteiger partial charge is 0.497 e. The second kappa shape index (κ2) is 9.29. The Labute approximate surface area is 178 Å². The molecule has 0 aromatic heterocycles. The molecule has 1 aromatic rings. The van der Waals surface area contributed by atoms with E-state index in [-0.39, 0.29) is 0 Å². The van der Waals surface area contributed by atoms with E-state index in [1.165, 1.54) is 31.2 Å². The van der Waals surface area contributed by atoms with E-state index in [0.29, 0.717) is 5.57 Å². The molecule has 156 valence electrons. The first-order chi connectivity index (χ1) is 14.1. The number of nitrogens with zero attached hydrogens (tertiary/aromatic N) is 1. The lowest BCUT2D eigenvalue weighted by Crippen LogP contribution is -2.33. The Balaban J connectivity index is 1.35. The molecular weight excluding hydrogens is 382 g/mol. The molecule has 1 aromatic carbocycles. The summed E-state index contributed by atoms with van der Waals surface area (Å²) in [6.45, 7) is 1.86. The van der Waals surface area contributed by atoms with Crippen molar-refractivity contribution in [1.29, 1.82) is 0 Å². The molecule has 29 heavy (non-hydrogen) atoms. The Morgan fingerprint density at radius 1 is 1.24 bits per heavy atom. The van der Waals surface area contributed by atoms with Crippen LogP contribution in [0.4, 0.5) is 0 Å². The van der Waals surface area contributed by atoms with Crippen LogP contribution in [0.3, 0.4) is 0 Å². The van der Waals surface area contributed by atoms with Gasteiger partial charge in [-0.05, 0) is 79.4 Å². The van der Waals surface area contributed by atoms with Gasteiger partial charge in [-0.15, -0.1) is 11.8 Å². The van der Waals surface area contributed by atoms with Crippen molar-refractivity contribution in [3.05, 3.63) is 52.6 Å². The van der Waals surface area contributed by atoms with Crippen molar-refractivity contribution in [2.45, 2.75) is 38.5 Å². The summed E-state index contributed by atoms with van der Waals surface area (Å²) in [7, 11) is 1.68. The number of aryl methyl sites for hydroxylation is 1. The molecule has 3 unspecified atom stereocenters. The lowest BCUT2D eigenvalue weighted by Gasteiger charge is -2.34. The predicted molar refractivity (Wildman–Crippen MR) is 118 cm³/mol. The number of hydrogen-bond acceptors (Lipinski definition) is 4. The van der Waals surface area contributed by atoms with Crippen LogP contribution in [-0.4, -0.2) is 41.9 Å². The molecule has 4 rings (SSSR count). The molecule has 1 heterocycles. The molecule has 0 spiro atoms. The van der Waals surface area contributed by atoms with Crippen molar-refractivity contribution in [2.24, 2.45) is 17.8 Å². The van der Waals surface area contributed by atoms with E-state index in [1.807, 2.05) is 18.2 Å². The zero-order valence-electron chi connectivity index (χ0n) is 17.2. The van der Waals surface area contributed by atoms with Gasteiger partial charge in [0.05, 0.1) is 17.7 Å². The molecule has 2 fully saturated rings. The average molecular weight is 414 g/mol. The number of fused-ring (bicyclic) bond motifs is 2.